The number of fused-ring (bicyclic) bond motifs is 1. The van der Waals surface area contributed by atoms with Crippen molar-refractivity contribution in [3.05, 3.63) is 71.8 Å². The highest BCUT2D eigenvalue weighted by atomic mass is 16.5. The van der Waals surface area contributed by atoms with Gasteiger partial charge >= 0.3 is 0 Å². The van der Waals surface area contributed by atoms with Gasteiger partial charge in [0.1, 0.15) is 35.2 Å². The SMILES string of the molecule is COc1cccc(OC)c1C(=O)Nc1ccc2c(c1)N(CCOc1ccc(C)cc1)C(=O)C(C)O2. The molecule has 1 heterocycles. The van der Waals surface area contributed by atoms with E-state index in [2.05, 4.69) is 5.32 Å². The fourth-order valence-corrected chi connectivity index (χ4v) is 3.87. The zero-order chi connectivity index (χ0) is 24.9. The van der Waals surface area contributed by atoms with Gasteiger partial charge in [-0.1, -0.05) is 23.8 Å². The maximum atomic E-state index is 13.1. The lowest BCUT2D eigenvalue weighted by Gasteiger charge is -2.33. The van der Waals surface area contributed by atoms with E-state index in [1.54, 1.807) is 48.2 Å². The van der Waals surface area contributed by atoms with Crippen molar-refractivity contribution >= 4 is 23.2 Å². The molecule has 0 fully saturated rings. The number of anilines is 2. The first kappa shape index (κ1) is 23.9. The summed E-state index contributed by atoms with van der Waals surface area (Å²) in [6, 6.07) is 18.0. The summed E-state index contributed by atoms with van der Waals surface area (Å²) < 4.78 is 22.3. The van der Waals surface area contributed by atoms with E-state index in [4.69, 9.17) is 18.9 Å². The highest BCUT2D eigenvalue weighted by molar-refractivity contribution is 6.09. The number of hydrogen-bond acceptors (Lipinski definition) is 6. The van der Waals surface area contributed by atoms with E-state index in [1.165, 1.54) is 14.2 Å². The number of benzene rings is 3. The van der Waals surface area contributed by atoms with Crippen LogP contribution in [0.15, 0.2) is 60.7 Å². The minimum Gasteiger partial charge on any atom is -0.496 e. The van der Waals surface area contributed by atoms with Crippen molar-refractivity contribution in [2.45, 2.75) is 20.0 Å². The summed E-state index contributed by atoms with van der Waals surface area (Å²) in [7, 11) is 2.98. The molecule has 0 radical (unpaired) electrons. The third-order valence-electron chi connectivity index (χ3n) is 5.68. The van der Waals surface area contributed by atoms with Crippen molar-refractivity contribution in [1.82, 2.24) is 0 Å². The Balaban J connectivity index is 1.55. The third kappa shape index (κ3) is 5.16. The molecule has 3 aromatic carbocycles. The van der Waals surface area contributed by atoms with Crippen LogP contribution >= 0.6 is 0 Å². The van der Waals surface area contributed by atoms with Crippen molar-refractivity contribution in [3.8, 4) is 23.0 Å². The molecule has 1 unspecified atom stereocenters. The molecule has 35 heavy (non-hydrogen) atoms. The Hall–Kier alpha value is -4.20. The second-order valence-corrected chi connectivity index (χ2v) is 8.09. The van der Waals surface area contributed by atoms with Crippen molar-refractivity contribution in [1.29, 1.82) is 0 Å². The number of methoxy groups -OCH3 is 2. The topological polar surface area (TPSA) is 86.3 Å². The minimum absolute atomic E-state index is 0.181. The molecule has 3 aromatic rings. The molecule has 4 rings (SSSR count). The Morgan fingerprint density at radius 2 is 1.71 bits per heavy atom. The highest BCUT2D eigenvalue weighted by Gasteiger charge is 2.32. The van der Waals surface area contributed by atoms with Gasteiger partial charge in [0.25, 0.3) is 11.8 Å². The van der Waals surface area contributed by atoms with Crippen LogP contribution in [-0.4, -0.2) is 45.3 Å². The van der Waals surface area contributed by atoms with Gasteiger partial charge in [-0.25, -0.2) is 0 Å². The Labute approximate surface area is 204 Å². The Morgan fingerprint density at radius 1 is 1.03 bits per heavy atom. The highest BCUT2D eigenvalue weighted by Crippen LogP contribution is 2.37. The molecule has 0 aliphatic carbocycles. The van der Waals surface area contributed by atoms with E-state index in [1.807, 2.05) is 31.2 Å². The first-order valence-electron chi connectivity index (χ1n) is 11.2. The van der Waals surface area contributed by atoms with Gasteiger partial charge in [-0.2, -0.15) is 0 Å². The van der Waals surface area contributed by atoms with Crippen molar-refractivity contribution < 1.29 is 28.5 Å². The average Bonchev–Trinajstić information content (AvgIpc) is 2.87. The molecular formula is C27H28N2O6. The largest absolute Gasteiger partial charge is 0.496 e. The van der Waals surface area contributed by atoms with Crippen molar-refractivity contribution in [3.63, 3.8) is 0 Å². The molecular weight excluding hydrogens is 448 g/mol. The van der Waals surface area contributed by atoms with Gasteiger partial charge in [-0.05, 0) is 56.3 Å². The predicted octanol–water partition coefficient (Wildman–Crippen LogP) is 4.46. The van der Waals surface area contributed by atoms with Gasteiger partial charge < -0.3 is 29.2 Å². The average molecular weight is 477 g/mol. The first-order chi connectivity index (χ1) is 16.9. The molecule has 1 aliphatic rings. The summed E-state index contributed by atoms with van der Waals surface area (Å²) in [5.41, 5.74) is 2.48. The number of carbonyl (C=O) groups is 2. The Kier molecular flexibility index (Phi) is 7.10. The van der Waals surface area contributed by atoms with Crippen molar-refractivity contribution in [2.24, 2.45) is 0 Å². The van der Waals surface area contributed by atoms with Crippen LogP contribution in [0.25, 0.3) is 0 Å². The van der Waals surface area contributed by atoms with Gasteiger partial charge in [-0.15, -0.1) is 0 Å². The molecule has 0 bridgehead atoms. The molecule has 0 saturated heterocycles. The predicted molar refractivity (Wildman–Crippen MR) is 133 cm³/mol. The number of nitrogens with one attached hydrogen (secondary N) is 1. The maximum Gasteiger partial charge on any atom is 0.267 e. The van der Waals surface area contributed by atoms with E-state index in [9.17, 15) is 9.59 Å². The van der Waals surface area contributed by atoms with Crippen LogP contribution in [0.1, 0.15) is 22.8 Å². The van der Waals surface area contributed by atoms with E-state index in [0.29, 0.717) is 41.8 Å². The monoisotopic (exact) mass is 476 g/mol. The summed E-state index contributed by atoms with van der Waals surface area (Å²) in [6.07, 6.45) is -0.625. The van der Waals surface area contributed by atoms with Crippen LogP contribution in [0.3, 0.4) is 0 Å². The standard InChI is InChI=1S/C27H28N2O6/c1-17-8-11-20(12-9-17)34-15-14-29-21-16-19(10-13-22(21)35-18(2)27(29)31)28-26(30)25-23(32-3)6-5-7-24(25)33-4/h5-13,16,18H,14-15H2,1-4H3,(H,28,30). The van der Waals surface area contributed by atoms with E-state index >= 15 is 0 Å². The van der Waals surface area contributed by atoms with Gasteiger partial charge in [-0.3, -0.25) is 9.59 Å². The van der Waals surface area contributed by atoms with Gasteiger partial charge in [0.05, 0.1) is 26.5 Å². The minimum atomic E-state index is -0.625. The van der Waals surface area contributed by atoms with E-state index in [0.717, 1.165) is 11.3 Å². The Morgan fingerprint density at radius 3 is 2.37 bits per heavy atom. The second kappa shape index (κ2) is 10.4. The van der Waals surface area contributed by atoms with Gasteiger partial charge in [0, 0.05) is 5.69 Å². The number of rotatable bonds is 8. The molecule has 1 aliphatic heterocycles. The smallest absolute Gasteiger partial charge is 0.267 e. The molecule has 8 nitrogen and oxygen atoms in total. The fraction of sp³-hybridized carbons (Fsp3) is 0.259. The molecule has 182 valence electrons. The second-order valence-electron chi connectivity index (χ2n) is 8.09. The lowest BCUT2D eigenvalue weighted by Crippen LogP contribution is -2.46. The summed E-state index contributed by atoms with van der Waals surface area (Å²) in [5.74, 6) is 1.49. The summed E-state index contributed by atoms with van der Waals surface area (Å²) in [6.45, 7) is 4.35. The normalized spacial score (nSPS) is 14.6. The van der Waals surface area contributed by atoms with Gasteiger partial charge in [0.15, 0.2) is 6.10 Å². The fourth-order valence-electron chi connectivity index (χ4n) is 3.87. The zero-order valence-electron chi connectivity index (χ0n) is 20.2. The van der Waals surface area contributed by atoms with Gasteiger partial charge in [0.2, 0.25) is 0 Å². The summed E-state index contributed by atoms with van der Waals surface area (Å²) >= 11 is 0. The quantitative estimate of drug-likeness (QED) is 0.517. The molecule has 0 aromatic heterocycles. The summed E-state index contributed by atoms with van der Waals surface area (Å²) in [4.78, 5) is 27.6. The summed E-state index contributed by atoms with van der Waals surface area (Å²) in [5, 5.41) is 2.87. The zero-order valence-corrected chi connectivity index (χ0v) is 20.2. The maximum absolute atomic E-state index is 13.1. The third-order valence-corrected chi connectivity index (χ3v) is 5.68. The van der Waals surface area contributed by atoms with E-state index < -0.39 is 12.0 Å². The van der Waals surface area contributed by atoms with Crippen LogP contribution in [0.5, 0.6) is 23.0 Å². The first-order valence-corrected chi connectivity index (χ1v) is 11.2. The molecule has 1 N–H and O–H groups in total. The number of hydrogen-bond donors (Lipinski definition) is 1. The van der Waals surface area contributed by atoms with Crippen LogP contribution in [-0.2, 0) is 4.79 Å². The Bertz CT molecular complexity index is 1200. The van der Waals surface area contributed by atoms with Crippen molar-refractivity contribution in [2.75, 3.05) is 37.6 Å². The molecule has 2 amide bonds. The number of ether oxygens (including phenoxy) is 4. The van der Waals surface area contributed by atoms with Crippen LogP contribution in [0, 0.1) is 6.92 Å². The lowest BCUT2D eigenvalue weighted by atomic mass is 10.1. The molecule has 0 spiro atoms. The molecule has 0 saturated carbocycles. The van der Waals surface area contributed by atoms with Crippen LogP contribution in [0.4, 0.5) is 11.4 Å². The number of carbonyl (C=O) groups excluding carboxylic acids is 2. The lowest BCUT2D eigenvalue weighted by molar-refractivity contribution is -0.125. The van der Waals surface area contributed by atoms with Crippen LogP contribution < -0.4 is 29.2 Å². The molecule has 8 heteroatoms. The molecule has 1 atom stereocenters. The number of aryl methyl sites for hydroxylation is 1. The number of amides is 2. The number of nitrogens with zero attached hydrogens (tertiary/aromatic N) is 1. The van der Waals surface area contributed by atoms with E-state index in [-0.39, 0.29) is 11.5 Å². The van der Waals surface area contributed by atoms with Crippen LogP contribution in [0.2, 0.25) is 0 Å².